The van der Waals surface area contributed by atoms with Crippen molar-refractivity contribution in [3.63, 3.8) is 0 Å². The zero-order valence-electron chi connectivity index (χ0n) is 6.07. The van der Waals surface area contributed by atoms with E-state index in [1.54, 1.807) is 25.3 Å². The molecule has 1 rings (SSSR count). The number of phenols is 1. The summed E-state index contributed by atoms with van der Waals surface area (Å²) in [5, 5.41) is 9.13. The van der Waals surface area contributed by atoms with E-state index < -0.39 is 0 Å². The lowest BCUT2D eigenvalue weighted by atomic mass is 10.3. The maximum absolute atomic E-state index is 9.13. The van der Waals surface area contributed by atoms with Crippen molar-refractivity contribution < 1.29 is 9.29 Å². The maximum Gasteiger partial charge on any atom is 0.139 e. The van der Waals surface area contributed by atoms with Crippen LogP contribution >= 0.6 is 12.0 Å². The number of benzene rings is 1. The molecule has 3 nitrogen and oxygen atoms in total. The van der Waals surface area contributed by atoms with Crippen LogP contribution in [0.25, 0.3) is 0 Å². The maximum atomic E-state index is 9.13. The van der Waals surface area contributed by atoms with Gasteiger partial charge in [-0.05, 0) is 18.2 Å². The van der Waals surface area contributed by atoms with Crippen molar-refractivity contribution in [2.24, 2.45) is 0 Å². The molecule has 0 bridgehead atoms. The molecular weight excluding hydrogens is 162 g/mol. The molecule has 0 saturated heterocycles. The van der Waals surface area contributed by atoms with Gasteiger partial charge in [-0.1, -0.05) is 0 Å². The highest BCUT2D eigenvalue weighted by atomic mass is 32.2. The second-order valence-corrected chi connectivity index (χ2v) is 2.94. The van der Waals surface area contributed by atoms with Crippen molar-refractivity contribution in [1.82, 2.24) is 0 Å². The highest BCUT2D eigenvalue weighted by molar-refractivity contribution is 7.94. The molecule has 11 heavy (non-hydrogen) atoms. The fourth-order valence-electron chi connectivity index (χ4n) is 0.672. The van der Waals surface area contributed by atoms with E-state index in [0.717, 1.165) is 4.90 Å². The summed E-state index contributed by atoms with van der Waals surface area (Å²) in [6.45, 7) is 0. The Morgan fingerprint density at radius 2 is 2.27 bits per heavy atom. The first-order valence-corrected chi connectivity index (χ1v) is 3.77. The summed E-state index contributed by atoms with van der Waals surface area (Å²) in [5.74, 6) is 0.0899. The van der Waals surface area contributed by atoms with E-state index in [1.807, 2.05) is 0 Å². The van der Waals surface area contributed by atoms with Crippen LogP contribution in [0.4, 0.5) is 5.69 Å². The number of anilines is 1. The van der Waals surface area contributed by atoms with Gasteiger partial charge >= 0.3 is 0 Å². The summed E-state index contributed by atoms with van der Waals surface area (Å²) < 4.78 is 4.79. The molecule has 0 fully saturated rings. The van der Waals surface area contributed by atoms with Crippen LogP contribution in [-0.4, -0.2) is 12.2 Å². The molecule has 0 atom stereocenters. The molecule has 0 heterocycles. The third-order valence-electron chi connectivity index (χ3n) is 1.18. The Morgan fingerprint density at radius 1 is 1.55 bits per heavy atom. The Hall–Kier alpha value is -0.870. The summed E-state index contributed by atoms with van der Waals surface area (Å²) in [6.07, 6.45) is 0. The van der Waals surface area contributed by atoms with E-state index >= 15 is 0 Å². The molecule has 1 aromatic rings. The number of aromatic hydroxyl groups is 1. The van der Waals surface area contributed by atoms with E-state index in [9.17, 15) is 0 Å². The van der Waals surface area contributed by atoms with Crippen LogP contribution in [0.15, 0.2) is 23.1 Å². The predicted octanol–water partition coefficient (Wildman–Crippen LogP) is 1.63. The van der Waals surface area contributed by atoms with Crippen molar-refractivity contribution in [1.29, 1.82) is 0 Å². The molecule has 0 radical (unpaired) electrons. The molecule has 0 aromatic heterocycles. The van der Waals surface area contributed by atoms with Crippen LogP contribution in [-0.2, 0) is 4.18 Å². The minimum Gasteiger partial charge on any atom is -0.506 e. The van der Waals surface area contributed by atoms with Gasteiger partial charge in [0.1, 0.15) is 5.75 Å². The Kier molecular flexibility index (Phi) is 2.62. The molecule has 0 aliphatic carbocycles. The standard InChI is InChI=1S/C7H9NO2S/c1-10-11-5-2-3-6(8)7(9)4-5/h2-4,9H,8H2,1H3. The minimum atomic E-state index is 0.0899. The van der Waals surface area contributed by atoms with Gasteiger partial charge in [0, 0.05) is 16.9 Å². The second-order valence-electron chi connectivity index (χ2n) is 1.97. The first-order valence-electron chi connectivity index (χ1n) is 3.03. The number of rotatable bonds is 2. The lowest BCUT2D eigenvalue weighted by Gasteiger charge is -2.00. The molecule has 1 aromatic carbocycles. The summed E-state index contributed by atoms with van der Waals surface area (Å²) in [6, 6.07) is 4.98. The van der Waals surface area contributed by atoms with Crippen LogP contribution in [0.1, 0.15) is 0 Å². The van der Waals surface area contributed by atoms with Crippen LogP contribution in [0, 0.1) is 0 Å². The third-order valence-corrected chi connectivity index (χ3v) is 1.79. The monoisotopic (exact) mass is 171 g/mol. The Labute approximate surface area is 69.4 Å². The van der Waals surface area contributed by atoms with Crippen LogP contribution in [0.5, 0.6) is 5.75 Å². The smallest absolute Gasteiger partial charge is 0.139 e. The molecule has 3 N–H and O–H groups in total. The van der Waals surface area contributed by atoms with Gasteiger partial charge in [-0.15, -0.1) is 0 Å². The van der Waals surface area contributed by atoms with Gasteiger partial charge in [0.05, 0.1) is 12.8 Å². The third kappa shape index (κ3) is 2.03. The zero-order valence-corrected chi connectivity index (χ0v) is 6.89. The van der Waals surface area contributed by atoms with Gasteiger partial charge in [0.2, 0.25) is 0 Å². The topological polar surface area (TPSA) is 55.5 Å². The van der Waals surface area contributed by atoms with Crippen molar-refractivity contribution in [3.05, 3.63) is 18.2 Å². The fraction of sp³-hybridized carbons (Fsp3) is 0.143. The van der Waals surface area contributed by atoms with Crippen molar-refractivity contribution in [2.45, 2.75) is 4.90 Å². The number of phenolic OH excluding ortho intramolecular Hbond substituents is 1. The largest absolute Gasteiger partial charge is 0.506 e. The number of hydrogen-bond acceptors (Lipinski definition) is 4. The Bertz CT molecular complexity index is 252. The lowest BCUT2D eigenvalue weighted by Crippen LogP contribution is -1.84. The summed E-state index contributed by atoms with van der Waals surface area (Å²) in [5.41, 5.74) is 5.76. The van der Waals surface area contributed by atoms with E-state index in [0.29, 0.717) is 5.69 Å². The van der Waals surface area contributed by atoms with E-state index in [1.165, 1.54) is 12.0 Å². The van der Waals surface area contributed by atoms with Crippen LogP contribution in [0.3, 0.4) is 0 Å². The van der Waals surface area contributed by atoms with Gasteiger partial charge in [-0.3, -0.25) is 0 Å². The second kappa shape index (κ2) is 3.50. The fourth-order valence-corrected chi connectivity index (χ4v) is 1.15. The van der Waals surface area contributed by atoms with Gasteiger partial charge in [-0.25, -0.2) is 0 Å². The molecule has 0 unspecified atom stereocenters. The highest BCUT2D eigenvalue weighted by Gasteiger charge is 1.98. The molecule has 4 heteroatoms. The first kappa shape index (κ1) is 8.23. The first-order chi connectivity index (χ1) is 5.24. The van der Waals surface area contributed by atoms with Crippen molar-refractivity contribution >= 4 is 17.7 Å². The van der Waals surface area contributed by atoms with Crippen LogP contribution in [0.2, 0.25) is 0 Å². The van der Waals surface area contributed by atoms with Gasteiger partial charge in [-0.2, -0.15) is 0 Å². The number of hydrogen-bond donors (Lipinski definition) is 2. The Balaban J connectivity index is 2.86. The summed E-state index contributed by atoms with van der Waals surface area (Å²) in [7, 11) is 1.57. The van der Waals surface area contributed by atoms with Gasteiger partial charge < -0.3 is 15.0 Å². The molecule has 60 valence electrons. The van der Waals surface area contributed by atoms with Gasteiger partial charge in [0.15, 0.2) is 0 Å². The molecule has 0 aliphatic rings. The van der Waals surface area contributed by atoms with Crippen molar-refractivity contribution in [2.75, 3.05) is 12.8 Å². The van der Waals surface area contributed by atoms with E-state index in [2.05, 4.69) is 0 Å². The molecular formula is C7H9NO2S. The normalized spacial score (nSPS) is 9.91. The number of nitrogen functional groups attached to an aromatic ring is 1. The van der Waals surface area contributed by atoms with Crippen molar-refractivity contribution in [3.8, 4) is 5.75 Å². The van der Waals surface area contributed by atoms with Crippen LogP contribution < -0.4 is 5.73 Å². The highest BCUT2D eigenvalue weighted by Crippen LogP contribution is 2.26. The molecule has 0 spiro atoms. The average Bonchev–Trinajstić information content (AvgIpc) is 1.98. The minimum absolute atomic E-state index is 0.0899. The van der Waals surface area contributed by atoms with E-state index in [-0.39, 0.29) is 5.75 Å². The SMILES string of the molecule is COSc1ccc(N)c(O)c1. The summed E-state index contributed by atoms with van der Waals surface area (Å²) in [4.78, 5) is 0.833. The quantitative estimate of drug-likeness (QED) is 0.403. The molecule has 0 amide bonds. The average molecular weight is 171 g/mol. The zero-order chi connectivity index (χ0) is 8.27. The Morgan fingerprint density at radius 3 is 2.82 bits per heavy atom. The van der Waals surface area contributed by atoms with Gasteiger partial charge in [0.25, 0.3) is 0 Å². The number of nitrogens with two attached hydrogens (primary N) is 1. The molecule has 0 aliphatic heterocycles. The predicted molar refractivity (Wildman–Crippen MR) is 45.4 cm³/mol. The van der Waals surface area contributed by atoms with E-state index in [4.69, 9.17) is 15.0 Å². The molecule has 0 saturated carbocycles. The lowest BCUT2D eigenvalue weighted by molar-refractivity contribution is 0.473. The summed E-state index contributed by atoms with van der Waals surface area (Å²) >= 11 is 1.18.